The molecular weight excluding hydrogens is 400 g/mol. The lowest BCUT2D eigenvalue weighted by molar-refractivity contribution is -0.148. The highest BCUT2D eigenvalue weighted by molar-refractivity contribution is 5.87. The van der Waals surface area contributed by atoms with Crippen LogP contribution in [0.15, 0.2) is 23.8 Å². The molecule has 6 aliphatic carbocycles. The Morgan fingerprint density at radius 3 is 2.00 bits per heavy atom. The van der Waals surface area contributed by atoms with Crippen LogP contribution in [0.5, 0.6) is 0 Å². The van der Waals surface area contributed by atoms with Gasteiger partial charge in [-0.1, -0.05) is 25.5 Å². The van der Waals surface area contributed by atoms with Crippen molar-refractivity contribution in [2.75, 3.05) is 0 Å². The smallest absolute Gasteiger partial charge is 0.333 e. The second-order valence-electron chi connectivity index (χ2n) is 11.9. The normalized spacial score (nSPS) is 45.2. The van der Waals surface area contributed by atoms with Crippen molar-refractivity contribution in [3.63, 3.8) is 0 Å². The number of fused-ring (bicyclic) bond motifs is 10. The number of carboxylic acids is 1. The molecule has 0 aliphatic heterocycles. The van der Waals surface area contributed by atoms with Crippen LogP contribution in [-0.2, 0) is 14.3 Å². The van der Waals surface area contributed by atoms with Crippen molar-refractivity contribution < 1.29 is 19.4 Å². The summed E-state index contributed by atoms with van der Waals surface area (Å²) in [4.78, 5) is 22.4. The summed E-state index contributed by atoms with van der Waals surface area (Å²) in [7, 11) is 0. The Bertz CT molecular complexity index is 812. The molecule has 0 aromatic carbocycles. The van der Waals surface area contributed by atoms with Crippen LogP contribution in [-0.4, -0.2) is 23.1 Å². The topological polar surface area (TPSA) is 63.6 Å². The zero-order chi connectivity index (χ0) is 22.6. The van der Waals surface area contributed by atoms with Crippen LogP contribution >= 0.6 is 0 Å². The Morgan fingerprint density at radius 1 is 0.812 bits per heavy atom. The molecular formula is C28H40O4. The number of allylic oxidation sites excluding steroid dienone is 1. The number of aliphatic carboxylic acids is 1. The molecule has 6 rings (SSSR count). The standard InChI is InChI=1S/2C14H20O2/c1-8(2)14(15)16-13-7-9-6-12(13)11-5-3-4-10(9)11;1-8(14(15)16)5-9-6-10-7-13(9)12-4-2-3-11(10)12/h9-13H,1,3-7H2,2H3;5,9-13H,2-4,6-7H2,1H3,(H,15,16). The molecule has 1 N–H and O–H groups in total. The molecule has 0 aromatic rings. The molecule has 10 atom stereocenters. The van der Waals surface area contributed by atoms with E-state index in [9.17, 15) is 9.59 Å². The predicted molar refractivity (Wildman–Crippen MR) is 124 cm³/mol. The minimum Gasteiger partial charge on any atom is -0.478 e. The summed E-state index contributed by atoms with van der Waals surface area (Å²) in [5, 5.41) is 8.93. The van der Waals surface area contributed by atoms with Gasteiger partial charge in [-0.25, -0.2) is 9.59 Å². The van der Waals surface area contributed by atoms with Crippen molar-refractivity contribution in [1.82, 2.24) is 0 Å². The molecule has 6 fully saturated rings. The number of ether oxygens (including phenoxy) is 1. The zero-order valence-corrected chi connectivity index (χ0v) is 19.8. The Morgan fingerprint density at radius 2 is 1.38 bits per heavy atom. The minimum atomic E-state index is -0.745. The van der Waals surface area contributed by atoms with Gasteiger partial charge >= 0.3 is 11.9 Å². The molecule has 0 aromatic heterocycles. The molecule has 10 unspecified atom stereocenters. The first-order valence-electron chi connectivity index (χ1n) is 13.1. The number of hydrogen-bond acceptors (Lipinski definition) is 3. The van der Waals surface area contributed by atoms with E-state index in [0.717, 1.165) is 47.8 Å². The van der Waals surface area contributed by atoms with E-state index in [1.54, 1.807) is 13.8 Å². The van der Waals surface area contributed by atoms with Crippen LogP contribution in [0.1, 0.15) is 78.1 Å². The SMILES string of the molecule is C=C(C)C(=O)OC1CC2CC1C1CCCC21.CC(=CC1CC2CC1C1CCCC21)C(=O)O. The van der Waals surface area contributed by atoms with Crippen LogP contribution in [0.2, 0.25) is 0 Å². The summed E-state index contributed by atoms with van der Waals surface area (Å²) < 4.78 is 5.58. The summed E-state index contributed by atoms with van der Waals surface area (Å²) in [6.07, 6.45) is 15.8. The van der Waals surface area contributed by atoms with Crippen LogP contribution in [0.3, 0.4) is 0 Å². The maximum Gasteiger partial charge on any atom is 0.333 e. The molecule has 4 nitrogen and oxygen atoms in total. The number of rotatable bonds is 4. The third-order valence-electron chi connectivity index (χ3n) is 10.3. The van der Waals surface area contributed by atoms with E-state index in [0.29, 0.717) is 23.0 Å². The summed E-state index contributed by atoms with van der Waals surface area (Å²) in [6.45, 7) is 7.12. The van der Waals surface area contributed by atoms with Crippen molar-refractivity contribution in [3.8, 4) is 0 Å². The molecule has 6 aliphatic rings. The van der Waals surface area contributed by atoms with Crippen LogP contribution < -0.4 is 0 Å². The lowest BCUT2D eigenvalue weighted by atomic mass is 9.75. The maximum atomic E-state index is 11.5. The van der Waals surface area contributed by atoms with E-state index in [1.807, 2.05) is 6.08 Å². The Balaban J connectivity index is 0.000000135. The number of esters is 1. The Kier molecular flexibility index (Phi) is 6.01. The maximum absolute atomic E-state index is 11.5. The van der Waals surface area contributed by atoms with Crippen molar-refractivity contribution in [2.24, 2.45) is 53.3 Å². The first-order chi connectivity index (χ1) is 15.3. The first-order valence-corrected chi connectivity index (χ1v) is 13.1. The summed E-state index contributed by atoms with van der Waals surface area (Å²) in [6, 6.07) is 0. The molecule has 0 saturated heterocycles. The third-order valence-corrected chi connectivity index (χ3v) is 10.3. The molecule has 0 spiro atoms. The van der Waals surface area contributed by atoms with E-state index in [4.69, 9.17) is 9.84 Å². The molecule has 32 heavy (non-hydrogen) atoms. The first kappa shape index (κ1) is 22.2. The van der Waals surface area contributed by atoms with Gasteiger partial charge in [0.15, 0.2) is 0 Å². The van der Waals surface area contributed by atoms with Crippen molar-refractivity contribution in [1.29, 1.82) is 0 Å². The lowest BCUT2D eigenvalue weighted by Gasteiger charge is -2.31. The average molecular weight is 441 g/mol. The second-order valence-corrected chi connectivity index (χ2v) is 11.9. The van der Waals surface area contributed by atoms with Gasteiger partial charge in [0.2, 0.25) is 0 Å². The van der Waals surface area contributed by atoms with Gasteiger partial charge in [0.05, 0.1) is 0 Å². The van der Waals surface area contributed by atoms with E-state index < -0.39 is 5.97 Å². The number of carbonyl (C=O) groups is 2. The fourth-order valence-corrected chi connectivity index (χ4v) is 9.08. The highest BCUT2D eigenvalue weighted by atomic mass is 16.5. The van der Waals surface area contributed by atoms with Crippen LogP contribution in [0.4, 0.5) is 0 Å². The van der Waals surface area contributed by atoms with Gasteiger partial charge in [-0.3, -0.25) is 0 Å². The van der Waals surface area contributed by atoms with Crippen molar-refractivity contribution in [2.45, 2.75) is 84.2 Å². The van der Waals surface area contributed by atoms with Gasteiger partial charge in [0.1, 0.15) is 6.10 Å². The van der Waals surface area contributed by atoms with Gasteiger partial charge in [0.25, 0.3) is 0 Å². The van der Waals surface area contributed by atoms with Crippen LogP contribution in [0.25, 0.3) is 0 Å². The van der Waals surface area contributed by atoms with E-state index in [2.05, 4.69) is 6.58 Å². The molecule has 0 amide bonds. The molecule has 4 bridgehead atoms. The third kappa shape index (κ3) is 3.86. The molecule has 176 valence electrons. The van der Waals surface area contributed by atoms with E-state index in [1.165, 1.54) is 57.8 Å². The Labute approximate surface area is 192 Å². The molecule has 0 heterocycles. The summed E-state index contributed by atoms with van der Waals surface area (Å²) >= 11 is 0. The van der Waals surface area contributed by atoms with E-state index in [-0.39, 0.29) is 12.1 Å². The lowest BCUT2D eigenvalue weighted by Crippen LogP contribution is -2.32. The van der Waals surface area contributed by atoms with Gasteiger partial charge in [-0.05, 0) is 118 Å². The number of carbonyl (C=O) groups excluding carboxylic acids is 1. The molecule has 0 radical (unpaired) electrons. The van der Waals surface area contributed by atoms with Crippen molar-refractivity contribution in [3.05, 3.63) is 23.8 Å². The Hall–Kier alpha value is -1.58. The molecule has 4 heteroatoms. The van der Waals surface area contributed by atoms with Gasteiger partial charge in [-0.2, -0.15) is 0 Å². The summed E-state index contributed by atoms with van der Waals surface area (Å²) in [5.41, 5.74) is 1.08. The van der Waals surface area contributed by atoms with Gasteiger partial charge < -0.3 is 9.84 Å². The fourth-order valence-electron chi connectivity index (χ4n) is 9.08. The average Bonchev–Trinajstić information content (AvgIpc) is 3.55. The fraction of sp³-hybridized carbons (Fsp3) is 0.786. The van der Waals surface area contributed by atoms with E-state index >= 15 is 0 Å². The van der Waals surface area contributed by atoms with Gasteiger partial charge in [0, 0.05) is 11.1 Å². The monoisotopic (exact) mass is 440 g/mol. The number of carboxylic acid groups (broad SMARTS) is 1. The second kappa shape index (κ2) is 8.65. The number of hydrogen-bond donors (Lipinski definition) is 1. The zero-order valence-electron chi connectivity index (χ0n) is 19.8. The van der Waals surface area contributed by atoms with Crippen LogP contribution in [0, 0.1) is 53.3 Å². The van der Waals surface area contributed by atoms with Crippen molar-refractivity contribution >= 4 is 11.9 Å². The molecule has 6 saturated carbocycles. The minimum absolute atomic E-state index is 0.188. The predicted octanol–water partition coefficient (Wildman–Crippen LogP) is 6.02. The highest BCUT2D eigenvalue weighted by Gasteiger charge is 2.55. The quantitative estimate of drug-likeness (QED) is 0.429. The van der Waals surface area contributed by atoms with Gasteiger partial charge in [-0.15, -0.1) is 0 Å². The largest absolute Gasteiger partial charge is 0.478 e. The highest BCUT2D eigenvalue weighted by Crippen LogP contribution is 2.61. The summed E-state index contributed by atoms with van der Waals surface area (Å²) in [5.74, 6) is 6.64.